The van der Waals surface area contributed by atoms with Crippen molar-refractivity contribution < 1.29 is 38.4 Å². The van der Waals surface area contributed by atoms with Gasteiger partial charge in [-0.2, -0.15) is 5.11 Å². The molecule has 3 aromatic rings. The molecule has 0 saturated carbocycles. The van der Waals surface area contributed by atoms with Crippen molar-refractivity contribution in [3.8, 4) is 11.5 Å². The normalized spacial score (nSPS) is 11.9. The van der Waals surface area contributed by atoms with Crippen molar-refractivity contribution >= 4 is 51.8 Å². The predicted molar refractivity (Wildman–Crippen MR) is 241 cm³/mol. The molecule has 0 spiro atoms. The van der Waals surface area contributed by atoms with E-state index in [4.69, 9.17) is 18.9 Å². The van der Waals surface area contributed by atoms with E-state index < -0.39 is 33.2 Å². The van der Waals surface area contributed by atoms with Gasteiger partial charge in [-0.1, -0.05) is 79.4 Å². The second-order valence-electron chi connectivity index (χ2n) is 14.6. The molecule has 0 heterocycles. The zero-order valence-electron chi connectivity index (χ0n) is 36.6. The molecule has 3 rings (SSSR count). The molecular weight excluding hydrogens is 799 g/mol. The zero-order chi connectivity index (χ0) is 45.4. The quantitative estimate of drug-likeness (QED) is 0.0210. The number of nitrogens with zero attached hydrogens (tertiary/aromatic N) is 5. The largest absolute Gasteiger partial charge is 0.491 e. The first-order chi connectivity index (χ1) is 29.9. The van der Waals surface area contributed by atoms with E-state index in [1.165, 1.54) is 12.1 Å². The number of anilines is 3. The molecule has 2 unspecified atom stereocenters. The molecule has 2 atom stereocenters. The van der Waals surface area contributed by atoms with Crippen LogP contribution >= 0.6 is 0 Å². The first-order valence-electron chi connectivity index (χ1n) is 21.1. The van der Waals surface area contributed by atoms with Crippen molar-refractivity contribution in [2.24, 2.45) is 22.1 Å². The second-order valence-corrected chi connectivity index (χ2v) is 14.6. The van der Waals surface area contributed by atoms with E-state index >= 15 is 0 Å². The summed E-state index contributed by atoms with van der Waals surface area (Å²) in [4.78, 5) is 47.3. The third-order valence-corrected chi connectivity index (χ3v) is 10.2. The van der Waals surface area contributed by atoms with Crippen LogP contribution in [0.15, 0.2) is 84.1 Å². The van der Waals surface area contributed by atoms with Crippen LogP contribution in [-0.4, -0.2) is 61.3 Å². The number of carbonyl (C=O) groups excluding carboxylic acids is 2. The van der Waals surface area contributed by atoms with E-state index in [1.54, 1.807) is 18.2 Å². The summed E-state index contributed by atoms with van der Waals surface area (Å²) < 4.78 is 23.4. The fraction of sp³-hybridized carbons (Fsp3) is 0.467. The Morgan fingerprint density at radius 1 is 0.742 bits per heavy atom. The average molecular weight is 860 g/mol. The van der Waals surface area contributed by atoms with Crippen molar-refractivity contribution in [3.63, 3.8) is 0 Å². The monoisotopic (exact) mass is 859 g/mol. The van der Waals surface area contributed by atoms with Crippen LogP contribution in [0.2, 0.25) is 0 Å². The number of nitro groups is 2. The van der Waals surface area contributed by atoms with Crippen LogP contribution in [0.25, 0.3) is 0 Å². The second kappa shape index (κ2) is 26.6. The minimum Gasteiger partial charge on any atom is -0.491 e. The van der Waals surface area contributed by atoms with Crippen molar-refractivity contribution in [2.75, 3.05) is 55.3 Å². The third-order valence-electron chi connectivity index (χ3n) is 10.2. The van der Waals surface area contributed by atoms with Gasteiger partial charge in [0.15, 0.2) is 0 Å². The molecule has 17 nitrogen and oxygen atoms in total. The van der Waals surface area contributed by atoms with Crippen molar-refractivity contribution in [3.05, 3.63) is 99.6 Å². The highest BCUT2D eigenvalue weighted by Gasteiger charge is 2.22. The van der Waals surface area contributed by atoms with Gasteiger partial charge >= 0.3 is 17.6 Å². The Bertz CT molecular complexity index is 1980. The number of hydrogen-bond acceptors (Lipinski definition) is 15. The molecule has 0 saturated heterocycles. The Morgan fingerprint density at radius 3 is 1.82 bits per heavy atom. The highest BCUT2D eigenvalue weighted by Crippen LogP contribution is 2.41. The summed E-state index contributed by atoms with van der Waals surface area (Å²) in [6, 6.07) is 12.3. The molecule has 0 amide bonds. The molecule has 0 radical (unpaired) electrons. The van der Waals surface area contributed by atoms with E-state index in [0.717, 1.165) is 80.8 Å². The lowest BCUT2D eigenvalue weighted by atomic mass is 10.0. The van der Waals surface area contributed by atoms with Gasteiger partial charge in [-0.15, -0.1) is 5.11 Å². The van der Waals surface area contributed by atoms with Gasteiger partial charge in [-0.3, -0.25) is 31.1 Å². The van der Waals surface area contributed by atoms with Gasteiger partial charge in [-0.25, -0.2) is 9.59 Å². The van der Waals surface area contributed by atoms with Gasteiger partial charge in [0.25, 0.3) is 5.69 Å². The number of hydrazine groups is 1. The van der Waals surface area contributed by atoms with Crippen molar-refractivity contribution in [1.29, 1.82) is 0 Å². The lowest BCUT2D eigenvalue weighted by molar-refractivity contribution is -0.393. The smallest absolute Gasteiger partial charge is 0.330 e. The van der Waals surface area contributed by atoms with E-state index in [1.807, 2.05) is 24.0 Å². The highest BCUT2D eigenvalue weighted by molar-refractivity contribution is 5.81. The van der Waals surface area contributed by atoms with E-state index in [0.29, 0.717) is 54.9 Å². The molecular formula is C45H61N7O10. The van der Waals surface area contributed by atoms with Crippen LogP contribution in [0.5, 0.6) is 11.5 Å². The van der Waals surface area contributed by atoms with Crippen molar-refractivity contribution in [1.82, 2.24) is 0 Å². The summed E-state index contributed by atoms with van der Waals surface area (Å²) in [5, 5.41) is 32.7. The summed E-state index contributed by atoms with van der Waals surface area (Å²) in [5.74, 6) is 0.213. The molecule has 2 N–H and O–H groups in total. The Morgan fingerprint density at radius 2 is 1.31 bits per heavy atom. The Labute approximate surface area is 363 Å². The number of nitrogens with one attached hydrogen (secondary N) is 2. The number of non-ortho nitro benzene ring substituents is 1. The molecule has 336 valence electrons. The zero-order valence-corrected chi connectivity index (χ0v) is 36.6. The first kappa shape index (κ1) is 49.8. The lowest BCUT2D eigenvalue weighted by Gasteiger charge is -2.25. The fourth-order valence-corrected chi connectivity index (χ4v) is 6.25. The van der Waals surface area contributed by atoms with Crippen LogP contribution in [0.4, 0.5) is 39.8 Å². The topological polar surface area (TPSA) is 209 Å². The molecule has 0 aliphatic rings. The number of esters is 2. The molecule has 3 aromatic carbocycles. The molecule has 0 bridgehead atoms. The van der Waals surface area contributed by atoms with E-state index in [9.17, 15) is 29.8 Å². The third kappa shape index (κ3) is 16.2. The van der Waals surface area contributed by atoms with Crippen LogP contribution in [0, 0.1) is 39.0 Å². The number of azo groups is 1. The number of rotatable bonds is 30. The highest BCUT2D eigenvalue weighted by atomic mass is 16.6. The van der Waals surface area contributed by atoms with Gasteiger partial charge in [0, 0.05) is 36.0 Å². The molecule has 0 aliphatic carbocycles. The summed E-state index contributed by atoms with van der Waals surface area (Å²) >= 11 is 0. The number of carbonyl (C=O) groups is 2. The Balaban J connectivity index is 2.08. The molecule has 0 fully saturated rings. The molecule has 0 aromatic heterocycles. The first-order valence-corrected chi connectivity index (χ1v) is 21.1. The maximum absolute atomic E-state index is 11.9. The minimum atomic E-state index is -0.693. The molecule has 62 heavy (non-hydrogen) atoms. The van der Waals surface area contributed by atoms with Gasteiger partial charge in [0.05, 0.1) is 53.6 Å². The van der Waals surface area contributed by atoms with E-state index in [-0.39, 0.29) is 30.7 Å². The SMILES string of the molecule is C=CC(=O)OCCN(CCOC(=O)C=C)c1ccc(N=Nc2cc(OCC(CC)CCCC)c(NNc3ccc([N+](=O)[O-])cc3[N+](=O)[O-])cc2OCC(CC)CCCC)c(C)c1. The Hall–Kier alpha value is -6.52. The summed E-state index contributed by atoms with van der Waals surface area (Å²) in [7, 11) is 0. The summed E-state index contributed by atoms with van der Waals surface area (Å²) in [6.45, 7) is 18.8. The van der Waals surface area contributed by atoms with Crippen LogP contribution < -0.4 is 25.2 Å². The van der Waals surface area contributed by atoms with Crippen molar-refractivity contribution in [2.45, 2.75) is 86.0 Å². The maximum atomic E-state index is 11.9. The maximum Gasteiger partial charge on any atom is 0.330 e. The number of unbranched alkanes of at least 4 members (excludes halogenated alkanes) is 2. The number of benzene rings is 3. The molecule has 0 aliphatic heterocycles. The molecule has 17 heteroatoms. The van der Waals surface area contributed by atoms with Gasteiger partial charge < -0.3 is 23.8 Å². The minimum absolute atomic E-state index is 0.00539. The standard InChI is InChI=1S/C45H61N7O10/c1-8-14-16-33(10-3)30-61-42-29-40(49-47-38-21-19-36(51(55)56)27-41(38)52(57)58)43(62-31-34(11-4)17-15-9-2)28-39(42)48-46-37-20-18-35(26-32(37)7)50(22-24-59-44(53)12-5)23-25-60-45(54)13-6/h12-13,18-21,26-29,33-34,47,49H,5-6,8-11,14-17,22-25,30-31H2,1-4,7H3. The van der Waals surface area contributed by atoms with Crippen LogP contribution in [0.3, 0.4) is 0 Å². The van der Waals surface area contributed by atoms with Gasteiger partial charge in [-0.05, 0) is 61.4 Å². The number of ether oxygens (including phenoxy) is 4. The van der Waals surface area contributed by atoms with Gasteiger partial charge in [0.1, 0.15) is 36.1 Å². The predicted octanol–water partition coefficient (Wildman–Crippen LogP) is 11.1. The average Bonchev–Trinajstić information content (AvgIpc) is 3.27. The van der Waals surface area contributed by atoms with Crippen LogP contribution in [-0.2, 0) is 19.1 Å². The van der Waals surface area contributed by atoms with Crippen LogP contribution in [0.1, 0.15) is 84.6 Å². The fourth-order valence-electron chi connectivity index (χ4n) is 6.25. The van der Waals surface area contributed by atoms with E-state index in [2.05, 4.69) is 61.9 Å². The Kier molecular flexibility index (Phi) is 21.4. The lowest BCUT2D eigenvalue weighted by Crippen LogP contribution is -2.32. The number of nitro benzene ring substituents is 2. The summed E-state index contributed by atoms with van der Waals surface area (Å²) in [5.41, 5.74) is 7.90. The van der Waals surface area contributed by atoms with Gasteiger partial charge in [0.2, 0.25) is 0 Å². The number of hydrogen-bond donors (Lipinski definition) is 2. The number of aryl methyl sites for hydroxylation is 1. The summed E-state index contributed by atoms with van der Waals surface area (Å²) in [6.07, 6.45) is 10.1.